The van der Waals surface area contributed by atoms with Gasteiger partial charge in [0, 0.05) is 22.7 Å². The summed E-state index contributed by atoms with van der Waals surface area (Å²) < 4.78 is 2.02. The van der Waals surface area contributed by atoms with Crippen LogP contribution < -0.4 is 5.32 Å². The molecule has 176 valence electrons. The Morgan fingerprint density at radius 3 is 2.54 bits per heavy atom. The standard InChI is InChI=1S/C28H26ClN5O/c1-18-8-13-25-23(16-18)27(21-9-11-22(29)12-10-21)31-24(28-33-32-19(2)34(25)28)17-26(35)30-15-14-20-6-4-3-5-7-20/h3-13,16,24H,14-15,17H2,1-2H3,(H,30,35)/t24-/m0/s1. The molecule has 5 rings (SSSR count). The van der Waals surface area contributed by atoms with Gasteiger partial charge >= 0.3 is 0 Å². The molecule has 0 aliphatic carbocycles. The molecule has 0 spiro atoms. The van der Waals surface area contributed by atoms with Crippen LogP contribution in [-0.2, 0) is 11.2 Å². The molecule has 1 aliphatic rings. The summed E-state index contributed by atoms with van der Waals surface area (Å²) in [6.07, 6.45) is 0.952. The highest BCUT2D eigenvalue weighted by Gasteiger charge is 2.29. The van der Waals surface area contributed by atoms with E-state index in [4.69, 9.17) is 16.6 Å². The molecule has 2 heterocycles. The predicted octanol–water partition coefficient (Wildman–Crippen LogP) is 5.18. The summed E-state index contributed by atoms with van der Waals surface area (Å²) in [5, 5.41) is 12.5. The third-order valence-electron chi connectivity index (χ3n) is 6.16. The van der Waals surface area contributed by atoms with Gasteiger partial charge in [0.25, 0.3) is 0 Å². The SMILES string of the molecule is Cc1ccc2c(c1)C(c1ccc(Cl)cc1)=N[C@@H](CC(=O)NCCc1ccccc1)c1nnc(C)n1-2. The highest BCUT2D eigenvalue weighted by atomic mass is 35.5. The third-order valence-corrected chi connectivity index (χ3v) is 6.41. The van der Waals surface area contributed by atoms with Gasteiger partial charge in [-0.3, -0.25) is 14.4 Å². The minimum absolute atomic E-state index is 0.0699. The summed E-state index contributed by atoms with van der Waals surface area (Å²) in [7, 11) is 0. The lowest BCUT2D eigenvalue weighted by Crippen LogP contribution is -2.27. The van der Waals surface area contributed by atoms with E-state index in [1.807, 2.05) is 54.0 Å². The minimum atomic E-state index is -0.480. The number of rotatable bonds is 6. The van der Waals surface area contributed by atoms with Gasteiger partial charge < -0.3 is 5.32 Å². The number of halogens is 1. The van der Waals surface area contributed by atoms with Crippen molar-refractivity contribution in [3.8, 4) is 5.69 Å². The van der Waals surface area contributed by atoms with E-state index in [0.717, 1.165) is 40.3 Å². The molecule has 4 aromatic rings. The molecule has 3 aromatic carbocycles. The first-order chi connectivity index (χ1) is 17.0. The van der Waals surface area contributed by atoms with Crippen LogP contribution in [0.15, 0.2) is 77.8 Å². The van der Waals surface area contributed by atoms with Gasteiger partial charge in [-0.2, -0.15) is 0 Å². The fourth-order valence-electron chi connectivity index (χ4n) is 4.42. The molecule has 35 heavy (non-hydrogen) atoms. The van der Waals surface area contributed by atoms with Crippen LogP contribution in [0.3, 0.4) is 0 Å². The summed E-state index contributed by atoms with van der Waals surface area (Å²) in [6, 6.07) is 23.5. The molecule has 1 aliphatic heterocycles. The number of aryl methyl sites for hydroxylation is 2. The summed E-state index contributed by atoms with van der Waals surface area (Å²) in [5.41, 5.74) is 5.98. The highest BCUT2D eigenvalue weighted by molar-refractivity contribution is 6.30. The first-order valence-electron chi connectivity index (χ1n) is 11.7. The number of aromatic nitrogens is 3. The van der Waals surface area contributed by atoms with E-state index < -0.39 is 6.04 Å². The number of nitrogens with zero attached hydrogens (tertiary/aromatic N) is 4. The maximum absolute atomic E-state index is 13.0. The maximum Gasteiger partial charge on any atom is 0.222 e. The lowest BCUT2D eigenvalue weighted by molar-refractivity contribution is -0.121. The van der Waals surface area contributed by atoms with Gasteiger partial charge in [0.1, 0.15) is 11.9 Å². The van der Waals surface area contributed by atoms with Crippen LogP contribution >= 0.6 is 11.6 Å². The number of amides is 1. The van der Waals surface area contributed by atoms with Gasteiger partial charge in [-0.15, -0.1) is 10.2 Å². The zero-order valence-electron chi connectivity index (χ0n) is 19.7. The van der Waals surface area contributed by atoms with E-state index in [1.54, 1.807) is 0 Å². The molecule has 0 saturated carbocycles. The van der Waals surface area contributed by atoms with Crippen molar-refractivity contribution in [2.45, 2.75) is 32.7 Å². The van der Waals surface area contributed by atoms with Gasteiger partial charge in [0.15, 0.2) is 5.82 Å². The average molecular weight is 484 g/mol. The number of nitrogens with one attached hydrogen (secondary N) is 1. The molecule has 1 aromatic heterocycles. The van der Waals surface area contributed by atoms with Crippen LogP contribution in [0.25, 0.3) is 5.69 Å². The zero-order valence-corrected chi connectivity index (χ0v) is 20.5. The molecule has 1 N–H and O–H groups in total. The topological polar surface area (TPSA) is 72.2 Å². The van der Waals surface area contributed by atoms with Gasteiger partial charge in [-0.25, -0.2) is 0 Å². The minimum Gasteiger partial charge on any atom is -0.356 e. The first-order valence-corrected chi connectivity index (χ1v) is 12.0. The molecule has 7 heteroatoms. The lowest BCUT2D eigenvalue weighted by Gasteiger charge is -2.13. The normalized spacial score (nSPS) is 14.5. The Morgan fingerprint density at radius 2 is 1.77 bits per heavy atom. The lowest BCUT2D eigenvalue weighted by atomic mass is 9.98. The van der Waals surface area contributed by atoms with Gasteiger partial charge in [-0.05, 0) is 50.1 Å². The van der Waals surface area contributed by atoms with E-state index >= 15 is 0 Å². The monoisotopic (exact) mass is 483 g/mol. The molecule has 0 bridgehead atoms. The van der Waals surface area contributed by atoms with Crippen molar-refractivity contribution in [1.82, 2.24) is 20.1 Å². The Kier molecular flexibility index (Phi) is 6.47. The van der Waals surface area contributed by atoms with Crippen LogP contribution in [0.1, 0.15) is 46.4 Å². The Hall–Kier alpha value is -3.77. The Morgan fingerprint density at radius 1 is 1.00 bits per heavy atom. The van der Waals surface area contributed by atoms with Crippen molar-refractivity contribution in [3.63, 3.8) is 0 Å². The summed E-state index contributed by atoms with van der Waals surface area (Å²) in [5.74, 6) is 1.35. The quantitative estimate of drug-likeness (QED) is 0.410. The highest BCUT2D eigenvalue weighted by Crippen LogP contribution is 2.33. The van der Waals surface area contributed by atoms with Crippen LogP contribution in [-0.4, -0.2) is 32.9 Å². The van der Waals surface area contributed by atoms with Gasteiger partial charge in [-0.1, -0.05) is 65.7 Å². The van der Waals surface area contributed by atoms with Crippen molar-refractivity contribution < 1.29 is 4.79 Å². The van der Waals surface area contributed by atoms with Crippen molar-refractivity contribution >= 4 is 23.2 Å². The van der Waals surface area contributed by atoms with Gasteiger partial charge in [0.05, 0.1) is 17.8 Å². The number of carbonyl (C=O) groups excluding carboxylic acids is 1. The maximum atomic E-state index is 13.0. The molecule has 0 radical (unpaired) electrons. The van der Waals surface area contributed by atoms with E-state index in [-0.39, 0.29) is 12.3 Å². The fraction of sp³-hybridized carbons (Fsp3) is 0.214. The van der Waals surface area contributed by atoms with Crippen LogP contribution in [0.2, 0.25) is 5.02 Å². The fourth-order valence-corrected chi connectivity index (χ4v) is 4.55. The number of fused-ring (bicyclic) bond motifs is 3. The number of hydrogen-bond acceptors (Lipinski definition) is 4. The molecule has 6 nitrogen and oxygen atoms in total. The molecule has 0 unspecified atom stereocenters. The van der Waals surface area contributed by atoms with Crippen LogP contribution in [0, 0.1) is 13.8 Å². The van der Waals surface area contributed by atoms with Gasteiger partial charge in [0.2, 0.25) is 5.91 Å². The number of aliphatic imine (C=N–C) groups is 1. The van der Waals surface area contributed by atoms with Crippen LogP contribution in [0.5, 0.6) is 0 Å². The second-order valence-corrected chi connectivity index (χ2v) is 9.19. The predicted molar refractivity (Wildman–Crippen MR) is 138 cm³/mol. The summed E-state index contributed by atoms with van der Waals surface area (Å²) in [4.78, 5) is 18.1. The number of carbonyl (C=O) groups is 1. The summed E-state index contributed by atoms with van der Waals surface area (Å²) in [6.45, 7) is 4.54. The smallest absolute Gasteiger partial charge is 0.222 e. The Balaban J connectivity index is 1.49. The van der Waals surface area contributed by atoms with Crippen molar-refractivity contribution in [2.75, 3.05) is 6.54 Å². The number of benzene rings is 3. The molecule has 1 atom stereocenters. The van der Waals surface area contributed by atoms with Crippen LogP contribution in [0.4, 0.5) is 0 Å². The zero-order chi connectivity index (χ0) is 24.4. The first kappa shape index (κ1) is 23.0. The van der Waals surface area contributed by atoms with Crippen molar-refractivity contribution in [1.29, 1.82) is 0 Å². The Labute approximate surface area is 209 Å². The molecular weight excluding hydrogens is 458 g/mol. The second-order valence-electron chi connectivity index (χ2n) is 8.75. The number of hydrogen-bond donors (Lipinski definition) is 1. The molecular formula is C28H26ClN5O. The van der Waals surface area contributed by atoms with E-state index in [0.29, 0.717) is 17.4 Å². The Bertz CT molecular complexity index is 1390. The molecule has 0 saturated heterocycles. The van der Waals surface area contributed by atoms with E-state index in [9.17, 15) is 4.79 Å². The third kappa shape index (κ3) is 4.88. The van der Waals surface area contributed by atoms with Crippen molar-refractivity contribution in [3.05, 3.63) is 112 Å². The van der Waals surface area contributed by atoms with E-state index in [2.05, 4.69) is 52.8 Å². The summed E-state index contributed by atoms with van der Waals surface area (Å²) >= 11 is 6.16. The largest absolute Gasteiger partial charge is 0.356 e. The van der Waals surface area contributed by atoms with Crippen molar-refractivity contribution in [2.24, 2.45) is 4.99 Å². The van der Waals surface area contributed by atoms with E-state index in [1.165, 1.54) is 5.56 Å². The molecule has 1 amide bonds. The second kappa shape index (κ2) is 9.84. The average Bonchev–Trinajstić information content (AvgIpc) is 3.18. The molecule has 0 fully saturated rings.